The molecular weight excluding hydrogens is 375 g/mol. The third-order valence-corrected chi connectivity index (χ3v) is 4.56. The SMILES string of the molecule is CCCC(C)(C(=O)OCC(=O)Oc1c(F)c(F)c(F)c(F)c1F)C(C)(C)C. The molecule has 0 radical (unpaired) electrons. The van der Waals surface area contributed by atoms with Gasteiger partial charge in [-0.1, -0.05) is 34.1 Å². The molecule has 0 amide bonds. The van der Waals surface area contributed by atoms with Crippen molar-refractivity contribution in [1.29, 1.82) is 0 Å². The van der Waals surface area contributed by atoms with E-state index in [-0.39, 0.29) is 0 Å². The van der Waals surface area contributed by atoms with Gasteiger partial charge in [0.2, 0.25) is 34.8 Å². The molecule has 0 aliphatic heterocycles. The maximum Gasteiger partial charge on any atom is 0.349 e. The van der Waals surface area contributed by atoms with Crippen molar-refractivity contribution >= 4 is 11.9 Å². The lowest BCUT2D eigenvalue weighted by molar-refractivity contribution is -0.168. The van der Waals surface area contributed by atoms with Crippen molar-refractivity contribution in [2.75, 3.05) is 6.61 Å². The highest BCUT2D eigenvalue weighted by Crippen LogP contribution is 2.43. The van der Waals surface area contributed by atoms with Crippen LogP contribution in [0.4, 0.5) is 22.0 Å². The molecule has 0 fully saturated rings. The third-order valence-electron chi connectivity index (χ3n) is 4.56. The lowest BCUT2D eigenvalue weighted by Crippen LogP contribution is -2.42. The van der Waals surface area contributed by atoms with E-state index < -0.39 is 64.2 Å². The molecule has 27 heavy (non-hydrogen) atoms. The zero-order chi connectivity index (χ0) is 21.2. The third kappa shape index (κ3) is 4.56. The van der Waals surface area contributed by atoms with Gasteiger partial charge >= 0.3 is 11.9 Å². The molecule has 1 rings (SSSR count). The summed E-state index contributed by atoms with van der Waals surface area (Å²) in [6.07, 6.45) is 1.10. The van der Waals surface area contributed by atoms with Crippen molar-refractivity contribution in [3.63, 3.8) is 0 Å². The largest absolute Gasteiger partial charge is 0.453 e. The van der Waals surface area contributed by atoms with Gasteiger partial charge in [-0.3, -0.25) is 4.79 Å². The van der Waals surface area contributed by atoms with Gasteiger partial charge in [0.25, 0.3) is 0 Å². The summed E-state index contributed by atoms with van der Waals surface area (Å²) in [6, 6.07) is 0. The standard InChI is InChI=1S/C18H21F5O4/c1-6-7-18(5,17(2,3)4)16(25)26-8-9(24)27-15-13(22)11(20)10(19)12(21)14(15)23/h6-8H2,1-5H3. The van der Waals surface area contributed by atoms with Crippen molar-refractivity contribution in [1.82, 2.24) is 0 Å². The summed E-state index contributed by atoms with van der Waals surface area (Å²) in [5, 5.41) is 0. The number of ether oxygens (including phenoxy) is 2. The Labute approximate surface area is 153 Å². The lowest BCUT2D eigenvalue weighted by atomic mass is 9.65. The zero-order valence-corrected chi connectivity index (χ0v) is 15.6. The molecule has 9 heteroatoms. The molecule has 0 spiro atoms. The first-order valence-corrected chi connectivity index (χ1v) is 8.17. The molecule has 4 nitrogen and oxygen atoms in total. The highest BCUT2D eigenvalue weighted by Gasteiger charge is 2.45. The Balaban J connectivity index is 2.93. The molecule has 1 atom stereocenters. The summed E-state index contributed by atoms with van der Waals surface area (Å²) in [6.45, 7) is 7.86. The van der Waals surface area contributed by atoms with Crippen LogP contribution in [0.25, 0.3) is 0 Å². The Morgan fingerprint density at radius 3 is 1.70 bits per heavy atom. The number of esters is 2. The van der Waals surface area contributed by atoms with E-state index in [0.29, 0.717) is 12.8 Å². The van der Waals surface area contributed by atoms with Crippen molar-refractivity contribution in [2.24, 2.45) is 10.8 Å². The van der Waals surface area contributed by atoms with Gasteiger partial charge in [-0.05, 0) is 18.8 Å². The van der Waals surface area contributed by atoms with Crippen LogP contribution in [0.2, 0.25) is 0 Å². The molecule has 0 N–H and O–H groups in total. The summed E-state index contributed by atoms with van der Waals surface area (Å²) in [7, 11) is 0. The van der Waals surface area contributed by atoms with Gasteiger partial charge in [0.05, 0.1) is 5.41 Å². The predicted octanol–water partition coefficient (Wildman–Crippen LogP) is 4.68. The number of hydrogen-bond acceptors (Lipinski definition) is 4. The van der Waals surface area contributed by atoms with E-state index in [1.54, 1.807) is 27.7 Å². The number of carbonyl (C=O) groups excluding carboxylic acids is 2. The fourth-order valence-electron chi connectivity index (χ4n) is 2.38. The minimum absolute atomic E-state index is 0.446. The van der Waals surface area contributed by atoms with E-state index in [1.165, 1.54) is 0 Å². The molecule has 0 bridgehead atoms. The van der Waals surface area contributed by atoms with Crippen LogP contribution < -0.4 is 4.74 Å². The molecule has 1 aromatic carbocycles. The van der Waals surface area contributed by atoms with E-state index in [9.17, 15) is 31.5 Å². The molecular formula is C18H21F5O4. The summed E-state index contributed by atoms with van der Waals surface area (Å²) < 4.78 is 75.2. The number of halogens is 5. The van der Waals surface area contributed by atoms with Gasteiger partial charge in [0.1, 0.15) is 0 Å². The van der Waals surface area contributed by atoms with Gasteiger partial charge < -0.3 is 9.47 Å². The van der Waals surface area contributed by atoms with Crippen LogP contribution in [0.15, 0.2) is 0 Å². The predicted molar refractivity (Wildman–Crippen MR) is 85.3 cm³/mol. The normalized spacial score (nSPS) is 13.9. The van der Waals surface area contributed by atoms with E-state index in [2.05, 4.69) is 4.74 Å². The van der Waals surface area contributed by atoms with Gasteiger partial charge in [0.15, 0.2) is 6.61 Å². The molecule has 0 aliphatic rings. The fraction of sp³-hybridized carbons (Fsp3) is 0.556. The summed E-state index contributed by atoms with van der Waals surface area (Å²) in [4.78, 5) is 24.1. The molecule has 0 saturated carbocycles. The lowest BCUT2D eigenvalue weighted by Gasteiger charge is -2.39. The van der Waals surface area contributed by atoms with E-state index in [0.717, 1.165) is 0 Å². The molecule has 0 saturated heterocycles. The second kappa shape index (κ2) is 8.22. The van der Waals surface area contributed by atoms with Crippen molar-refractivity contribution in [3.8, 4) is 5.75 Å². The summed E-state index contributed by atoms with van der Waals surface area (Å²) in [5.74, 6) is -15.5. The van der Waals surface area contributed by atoms with E-state index in [4.69, 9.17) is 4.74 Å². The fourth-order valence-corrected chi connectivity index (χ4v) is 2.38. The van der Waals surface area contributed by atoms with Crippen LogP contribution in [0.5, 0.6) is 5.75 Å². The van der Waals surface area contributed by atoms with Crippen molar-refractivity contribution < 1.29 is 41.0 Å². The highest BCUT2D eigenvalue weighted by molar-refractivity contribution is 5.81. The maximum absolute atomic E-state index is 13.5. The van der Waals surface area contributed by atoms with Crippen LogP contribution in [0.1, 0.15) is 47.5 Å². The monoisotopic (exact) mass is 396 g/mol. The molecule has 0 aliphatic carbocycles. The van der Waals surface area contributed by atoms with Gasteiger partial charge in [0, 0.05) is 0 Å². The second-order valence-corrected chi connectivity index (χ2v) is 7.28. The quantitative estimate of drug-likeness (QED) is 0.230. The first-order chi connectivity index (χ1) is 12.3. The topological polar surface area (TPSA) is 52.6 Å². The minimum atomic E-state index is -2.38. The smallest absolute Gasteiger partial charge is 0.349 e. The van der Waals surface area contributed by atoms with Crippen LogP contribution in [-0.2, 0) is 14.3 Å². The van der Waals surface area contributed by atoms with E-state index in [1.807, 2.05) is 6.92 Å². The Morgan fingerprint density at radius 2 is 1.30 bits per heavy atom. The molecule has 152 valence electrons. The molecule has 1 unspecified atom stereocenters. The Bertz CT molecular complexity index is 713. The average molecular weight is 396 g/mol. The Hall–Kier alpha value is -2.19. The van der Waals surface area contributed by atoms with Gasteiger partial charge in [-0.15, -0.1) is 0 Å². The molecule has 0 aromatic heterocycles. The van der Waals surface area contributed by atoms with Gasteiger partial charge in [-0.2, -0.15) is 8.78 Å². The van der Waals surface area contributed by atoms with Crippen molar-refractivity contribution in [2.45, 2.75) is 47.5 Å². The zero-order valence-electron chi connectivity index (χ0n) is 15.6. The highest BCUT2D eigenvalue weighted by atomic mass is 19.2. The van der Waals surface area contributed by atoms with Crippen LogP contribution in [0, 0.1) is 39.9 Å². The Morgan fingerprint density at radius 1 is 0.852 bits per heavy atom. The van der Waals surface area contributed by atoms with Crippen LogP contribution >= 0.6 is 0 Å². The summed E-state index contributed by atoms with van der Waals surface area (Å²) in [5.41, 5.74) is -1.49. The van der Waals surface area contributed by atoms with Crippen LogP contribution in [0.3, 0.4) is 0 Å². The molecule has 0 heterocycles. The number of rotatable bonds is 6. The van der Waals surface area contributed by atoms with E-state index >= 15 is 0 Å². The second-order valence-electron chi connectivity index (χ2n) is 7.28. The van der Waals surface area contributed by atoms with Crippen molar-refractivity contribution in [3.05, 3.63) is 29.1 Å². The first-order valence-electron chi connectivity index (χ1n) is 8.17. The minimum Gasteiger partial charge on any atom is -0.453 e. The van der Waals surface area contributed by atoms with Gasteiger partial charge in [-0.25, -0.2) is 18.0 Å². The number of carbonyl (C=O) groups is 2. The number of benzene rings is 1. The summed E-state index contributed by atoms with van der Waals surface area (Å²) >= 11 is 0. The Kier molecular flexibility index (Phi) is 6.96. The maximum atomic E-state index is 13.5. The number of hydrogen-bond donors (Lipinski definition) is 0. The first kappa shape index (κ1) is 22.9. The molecule has 1 aromatic rings. The van der Waals surface area contributed by atoms with Crippen LogP contribution in [-0.4, -0.2) is 18.5 Å². The average Bonchev–Trinajstić information content (AvgIpc) is 2.59.